The second kappa shape index (κ2) is 8.95. The Morgan fingerprint density at radius 1 is 1.29 bits per heavy atom. The molecule has 1 aromatic carbocycles. The van der Waals surface area contributed by atoms with Gasteiger partial charge >= 0.3 is 12.4 Å². The third-order valence-electron chi connectivity index (χ3n) is 6.49. The van der Waals surface area contributed by atoms with Crippen molar-refractivity contribution < 1.29 is 36.7 Å². The van der Waals surface area contributed by atoms with Crippen LogP contribution >= 0.6 is 0 Å². The van der Waals surface area contributed by atoms with E-state index in [2.05, 4.69) is 15.4 Å². The van der Waals surface area contributed by atoms with Gasteiger partial charge in [0.2, 0.25) is 11.8 Å². The summed E-state index contributed by atoms with van der Waals surface area (Å²) < 4.78 is 54.9. The maximum absolute atomic E-state index is 14.3. The van der Waals surface area contributed by atoms with Crippen LogP contribution in [0.1, 0.15) is 38.2 Å². The number of ether oxygens (including phenoxy) is 1. The quantitative estimate of drug-likeness (QED) is 0.626. The first-order chi connectivity index (χ1) is 15.9. The lowest BCUT2D eigenvalue weighted by Crippen LogP contribution is -2.60. The number of amides is 4. The van der Waals surface area contributed by atoms with Crippen molar-refractivity contribution in [3.63, 3.8) is 0 Å². The minimum Gasteiger partial charge on any atom is -0.406 e. The van der Waals surface area contributed by atoms with E-state index < -0.39 is 29.4 Å². The average Bonchev–Trinajstić information content (AvgIpc) is 3.48. The predicted octanol–water partition coefficient (Wildman–Crippen LogP) is 2.53. The minimum absolute atomic E-state index is 0.00722. The Morgan fingerprint density at radius 2 is 2.03 bits per heavy atom. The van der Waals surface area contributed by atoms with Gasteiger partial charge in [0.05, 0.1) is 6.04 Å². The van der Waals surface area contributed by atoms with Crippen LogP contribution in [0.5, 0.6) is 5.75 Å². The molecule has 2 N–H and O–H groups in total. The van der Waals surface area contributed by atoms with E-state index in [0.29, 0.717) is 25.6 Å². The van der Waals surface area contributed by atoms with E-state index in [1.165, 1.54) is 11.8 Å². The highest BCUT2D eigenvalue weighted by molar-refractivity contribution is 5.80. The molecule has 0 bridgehead atoms. The average molecular weight is 486 g/mol. The van der Waals surface area contributed by atoms with Crippen molar-refractivity contribution in [2.45, 2.75) is 57.6 Å². The molecule has 2 aliphatic heterocycles. The molecule has 2 saturated heterocycles. The van der Waals surface area contributed by atoms with Crippen LogP contribution in [0, 0.1) is 11.2 Å². The van der Waals surface area contributed by atoms with Gasteiger partial charge in [-0.2, -0.15) is 0 Å². The van der Waals surface area contributed by atoms with E-state index in [1.807, 2.05) is 4.90 Å². The van der Waals surface area contributed by atoms with Gasteiger partial charge in [-0.05, 0) is 25.3 Å². The molecule has 3 fully saturated rings. The van der Waals surface area contributed by atoms with Gasteiger partial charge < -0.3 is 25.2 Å². The number of carbonyl (C=O) groups excluding carboxylic acids is 3. The number of likely N-dealkylation sites (tertiary alicyclic amines) is 1. The Hall–Kier alpha value is -3.05. The van der Waals surface area contributed by atoms with E-state index in [9.17, 15) is 31.9 Å². The molecule has 2 atom stereocenters. The molecule has 1 aliphatic carbocycles. The third kappa shape index (κ3) is 5.53. The van der Waals surface area contributed by atoms with Gasteiger partial charge in [0.15, 0.2) is 0 Å². The molecule has 1 spiro atoms. The molecule has 12 heteroatoms. The van der Waals surface area contributed by atoms with Crippen molar-refractivity contribution in [2.75, 3.05) is 19.6 Å². The number of urea groups is 1. The van der Waals surface area contributed by atoms with E-state index in [1.54, 1.807) is 0 Å². The first-order valence-electron chi connectivity index (χ1n) is 11.1. The van der Waals surface area contributed by atoms with Crippen LogP contribution in [0.3, 0.4) is 0 Å². The molecule has 1 unspecified atom stereocenters. The zero-order valence-corrected chi connectivity index (χ0v) is 18.6. The number of nitrogens with zero attached hydrogens (tertiary/aromatic N) is 2. The molecule has 3 aliphatic rings. The monoisotopic (exact) mass is 486 g/mol. The molecule has 0 aromatic heterocycles. The van der Waals surface area contributed by atoms with Crippen molar-refractivity contribution in [3.05, 3.63) is 29.6 Å². The zero-order valence-electron chi connectivity index (χ0n) is 18.6. The second-order valence-corrected chi connectivity index (χ2v) is 9.31. The summed E-state index contributed by atoms with van der Waals surface area (Å²) in [5.41, 5.74) is -0.505. The van der Waals surface area contributed by atoms with E-state index >= 15 is 0 Å². The Morgan fingerprint density at radius 3 is 2.59 bits per heavy atom. The number of benzene rings is 1. The fourth-order valence-corrected chi connectivity index (χ4v) is 5.02. The zero-order chi connectivity index (χ0) is 24.7. The summed E-state index contributed by atoms with van der Waals surface area (Å²) in [5, 5.41) is 5.42. The Balaban J connectivity index is 1.45. The van der Waals surface area contributed by atoms with Gasteiger partial charge in [-0.15, -0.1) is 13.2 Å². The van der Waals surface area contributed by atoms with Crippen molar-refractivity contribution in [1.82, 2.24) is 20.4 Å². The molecular weight excluding hydrogens is 460 g/mol. The molecule has 4 amide bonds. The van der Waals surface area contributed by atoms with Gasteiger partial charge in [-0.25, -0.2) is 9.18 Å². The van der Waals surface area contributed by atoms with Crippen LogP contribution in [0.2, 0.25) is 0 Å². The van der Waals surface area contributed by atoms with Gasteiger partial charge in [-0.3, -0.25) is 9.59 Å². The van der Waals surface area contributed by atoms with E-state index in [4.69, 9.17) is 0 Å². The summed E-state index contributed by atoms with van der Waals surface area (Å²) in [6, 6.07) is 2.09. The van der Waals surface area contributed by atoms with Crippen molar-refractivity contribution in [2.24, 2.45) is 5.41 Å². The molecule has 0 radical (unpaired) electrons. The molecule has 186 valence electrons. The topological polar surface area (TPSA) is 91.0 Å². The smallest absolute Gasteiger partial charge is 0.406 e. The van der Waals surface area contributed by atoms with Crippen LogP contribution in [-0.4, -0.2) is 65.7 Å². The Labute approximate surface area is 193 Å². The van der Waals surface area contributed by atoms with Crippen LogP contribution in [0.25, 0.3) is 0 Å². The number of halogens is 4. The summed E-state index contributed by atoms with van der Waals surface area (Å²) in [6.07, 6.45) is -2.28. The Kier molecular flexibility index (Phi) is 6.34. The third-order valence-corrected chi connectivity index (χ3v) is 6.49. The number of hydrogen-bond acceptors (Lipinski definition) is 4. The molecule has 2 heterocycles. The maximum atomic E-state index is 14.3. The highest BCUT2D eigenvalue weighted by atomic mass is 19.4. The number of carbonyl (C=O) groups is 3. The minimum atomic E-state index is -4.94. The highest BCUT2D eigenvalue weighted by Crippen LogP contribution is 2.40. The van der Waals surface area contributed by atoms with Gasteiger partial charge in [0, 0.05) is 62.6 Å². The van der Waals surface area contributed by atoms with Crippen LogP contribution < -0.4 is 15.4 Å². The van der Waals surface area contributed by atoms with Crippen LogP contribution in [-0.2, 0) is 16.1 Å². The highest BCUT2D eigenvalue weighted by Gasteiger charge is 2.49. The number of alkyl halides is 3. The fraction of sp³-hybridized carbons (Fsp3) is 0.591. The van der Waals surface area contributed by atoms with E-state index in [0.717, 1.165) is 25.0 Å². The summed E-state index contributed by atoms with van der Waals surface area (Å²) in [5.74, 6) is -1.82. The normalized spacial score (nSPS) is 24.7. The predicted molar refractivity (Wildman–Crippen MR) is 111 cm³/mol. The van der Waals surface area contributed by atoms with Gasteiger partial charge in [0.25, 0.3) is 0 Å². The van der Waals surface area contributed by atoms with Gasteiger partial charge in [-0.1, -0.05) is 6.07 Å². The molecule has 1 aromatic rings. The summed E-state index contributed by atoms with van der Waals surface area (Å²) in [7, 11) is 0. The standard InChI is InChI=1S/C22H26F4N4O4/c1-13(31)30(15-3-4-15)16-7-21(8-19(32)28-11-21)12-29(10-16)20(33)27-9-14-2-5-17(6-18(14)23)34-22(24,25)26/h2,5-6,15-16H,3-4,7-12H2,1H3,(H,27,33)(H,28,32)/t16-,21?/m1/s1. The summed E-state index contributed by atoms with van der Waals surface area (Å²) in [4.78, 5) is 40.6. The molecular formula is C22H26F4N4O4. The van der Waals surface area contributed by atoms with Crippen molar-refractivity contribution in [3.8, 4) is 5.75 Å². The first-order valence-corrected chi connectivity index (χ1v) is 11.1. The number of rotatable bonds is 5. The SMILES string of the molecule is CC(=O)N(C1CC1)[C@H]1CN(C(=O)NCc2ccc(OC(F)(F)F)cc2F)CC2(CNC(=O)C2)C1. The molecule has 1 saturated carbocycles. The van der Waals surface area contributed by atoms with E-state index in [-0.39, 0.29) is 49.0 Å². The summed E-state index contributed by atoms with van der Waals surface area (Å²) in [6.45, 7) is 2.22. The fourth-order valence-electron chi connectivity index (χ4n) is 5.02. The molecule has 8 nitrogen and oxygen atoms in total. The van der Waals surface area contributed by atoms with Crippen LogP contribution in [0.4, 0.5) is 22.4 Å². The van der Waals surface area contributed by atoms with Gasteiger partial charge in [0.1, 0.15) is 11.6 Å². The lowest BCUT2D eigenvalue weighted by molar-refractivity contribution is -0.274. The summed E-state index contributed by atoms with van der Waals surface area (Å²) >= 11 is 0. The number of hydrogen-bond donors (Lipinski definition) is 2. The maximum Gasteiger partial charge on any atom is 0.573 e. The first kappa shape index (κ1) is 24.1. The Bertz CT molecular complexity index is 984. The molecule has 34 heavy (non-hydrogen) atoms. The van der Waals surface area contributed by atoms with Crippen LogP contribution in [0.15, 0.2) is 18.2 Å². The lowest BCUT2D eigenvalue weighted by Gasteiger charge is -2.47. The number of piperidine rings is 1. The second-order valence-electron chi connectivity index (χ2n) is 9.31. The van der Waals surface area contributed by atoms with Crippen molar-refractivity contribution in [1.29, 1.82) is 0 Å². The lowest BCUT2D eigenvalue weighted by atomic mass is 9.76. The number of nitrogens with one attached hydrogen (secondary N) is 2. The van der Waals surface area contributed by atoms with Crippen molar-refractivity contribution >= 4 is 17.8 Å². The largest absolute Gasteiger partial charge is 0.573 e. The molecule has 4 rings (SSSR count).